The molecule has 4 aromatic rings. The second kappa shape index (κ2) is 5.52. The first kappa shape index (κ1) is 14.0. The number of benzene rings is 1. The maximum Gasteiger partial charge on any atom is 0.145 e. The summed E-state index contributed by atoms with van der Waals surface area (Å²) in [6.45, 7) is 0. The highest BCUT2D eigenvalue weighted by molar-refractivity contribution is 5.82. The van der Waals surface area contributed by atoms with Crippen LogP contribution in [0.25, 0.3) is 28.3 Å². The summed E-state index contributed by atoms with van der Waals surface area (Å²) < 4.78 is 1.95. The van der Waals surface area contributed by atoms with Crippen LogP contribution in [0.3, 0.4) is 0 Å². The van der Waals surface area contributed by atoms with Gasteiger partial charge in [-0.2, -0.15) is 5.26 Å². The molecular formula is C19H12N4O. The van der Waals surface area contributed by atoms with Gasteiger partial charge < -0.3 is 5.11 Å². The monoisotopic (exact) mass is 312 g/mol. The lowest BCUT2D eigenvalue weighted by atomic mass is 10.1. The Hall–Kier alpha value is -3.65. The molecule has 4 rings (SSSR count). The molecule has 0 aliphatic rings. The van der Waals surface area contributed by atoms with Gasteiger partial charge in [-0.1, -0.05) is 6.07 Å². The number of nitriles is 1. The van der Waals surface area contributed by atoms with Gasteiger partial charge in [0, 0.05) is 18.0 Å². The van der Waals surface area contributed by atoms with Gasteiger partial charge in [-0.05, 0) is 48.5 Å². The largest absolute Gasteiger partial charge is 0.506 e. The van der Waals surface area contributed by atoms with Crippen LogP contribution in [0, 0.1) is 11.3 Å². The van der Waals surface area contributed by atoms with Gasteiger partial charge in [0.1, 0.15) is 23.0 Å². The molecule has 24 heavy (non-hydrogen) atoms. The lowest BCUT2D eigenvalue weighted by Crippen LogP contribution is -1.88. The molecule has 0 aliphatic heterocycles. The Morgan fingerprint density at radius 2 is 1.79 bits per heavy atom. The fourth-order valence-electron chi connectivity index (χ4n) is 2.69. The number of nitrogens with zero attached hydrogens (tertiary/aromatic N) is 4. The Labute approximate surface area is 138 Å². The van der Waals surface area contributed by atoms with Gasteiger partial charge >= 0.3 is 0 Å². The molecular weight excluding hydrogens is 300 g/mol. The predicted octanol–water partition coefficient (Wildman–Crippen LogP) is 3.64. The quantitative estimate of drug-likeness (QED) is 0.613. The van der Waals surface area contributed by atoms with Crippen LogP contribution in [0.15, 0.2) is 67.0 Å². The minimum absolute atomic E-state index is 0.0905. The SMILES string of the molecule is N#Cc1ccc(-c2nc(-c3ncccc3O)c3ccccn23)cc1. The molecule has 0 aliphatic carbocycles. The third-order valence-corrected chi connectivity index (χ3v) is 3.83. The van der Waals surface area contributed by atoms with Crippen LogP contribution in [-0.2, 0) is 0 Å². The van der Waals surface area contributed by atoms with Crippen LogP contribution >= 0.6 is 0 Å². The summed E-state index contributed by atoms with van der Waals surface area (Å²) in [5, 5.41) is 19.1. The van der Waals surface area contributed by atoms with Crippen molar-refractivity contribution in [2.45, 2.75) is 0 Å². The molecule has 5 nitrogen and oxygen atoms in total. The van der Waals surface area contributed by atoms with Gasteiger partial charge in [0.25, 0.3) is 0 Å². The maximum absolute atomic E-state index is 10.1. The zero-order chi connectivity index (χ0) is 16.5. The Morgan fingerprint density at radius 1 is 0.958 bits per heavy atom. The number of hydrogen-bond donors (Lipinski definition) is 1. The molecule has 3 heterocycles. The first-order valence-electron chi connectivity index (χ1n) is 7.40. The molecule has 114 valence electrons. The number of imidazole rings is 1. The first-order chi connectivity index (χ1) is 11.8. The summed E-state index contributed by atoms with van der Waals surface area (Å²) in [6, 6.07) is 18.4. The fourth-order valence-corrected chi connectivity index (χ4v) is 2.69. The molecule has 0 saturated heterocycles. The third-order valence-electron chi connectivity index (χ3n) is 3.83. The second-order valence-corrected chi connectivity index (χ2v) is 5.30. The topological polar surface area (TPSA) is 74.2 Å². The lowest BCUT2D eigenvalue weighted by Gasteiger charge is -2.01. The van der Waals surface area contributed by atoms with Gasteiger partial charge in [0.05, 0.1) is 17.1 Å². The van der Waals surface area contributed by atoms with E-state index in [4.69, 9.17) is 10.2 Å². The van der Waals surface area contributed by atoms with Crippen molar-refractivity contribution >= 4 is 5.52 Å². The number of pyridine rings is 2. The molecule has 0 fully saturated rings. The van der Waals surface area contributed by atoms with E-state index in [0.29, 0.717) is 17.0 Å². The van der Waals surface area contributed by atoms with E-state index in [1.165, 1.54) is 0 Å². The first-order valence-corrected chi connectivity index (χ1v) is 7.40. The molecule has 0 atom stereocenters. The van der Waals surface area contributed by atoms with Crippen molar-refractivity contribution in [1.29, 1.82) is 5.26 Å². The molecule has 0 spiro atoms. The van der Waals surface area contributed by atoms with Gasteiger partial charge in [0.2, 0.25) is 0 Å². The fraction of sp³-hybridized carbons (Fsp3) is 0. The summed E-state index contributed by atoms with van der Waals surface area (Å²) in [4.78, 5) is 8.97. The zero-order valence-corrected chi connectivity index (χ0v) is 12.6. The van der Waals surface area contributed by atoms with E-state index in [2.05, 4.69) is 11.1 Å². The highest BCUT2D eigenvalue weighted by Crippen LogP contribution is 2.32. The van der Waals surface area contributed by atoms with Crippen LogP contribution in [-0.4, -0.2) is 19.5 Å². The number of hydrogen-bond acceptors (Lipinski definition) is 4. The maximum atomic E-state index is 10.1. The van der Waals surface area contributed by atoms with Gasteiger partial charge in [-0.25, -0.2) is 4.98 Å². The third kappa shape index (κ3) is 2.18. The van der Waals surface area contributed by atoms with Crippen molar-refractivity contribution in [2.24, 2.45) is 0 Å². The van der Waals surface area contributed by atoms with Crippen molar-refractivity contribution in [1.82, 2.24) is 14.4 Å². The standard InChI is InChI=1S/C19H12N4O/c20-12-13-6-8-14(9-7-13)19-22-17(15-4-1-2-11-23(15)19)18-16(24)5-3-10-21-18/h1-11,24H. The number of aromatic hydroxyl groups is 1. The van der Waals surface area contributed by atoms with E-state index in [1.807, 2.05) is 40.9 Å². The molecule has 0 saturated carbocycles. The van der Waals surface area contributed by atoms with Crippen molar-refractivity contribution < 1.29 is 5.11 Å². The van der Waals surface area contributed by atoms with E-state index >= 15 is 0 Å². The molecule has 0 unspecified atom stereocenters. The molecule has 1 aromatic carbocycles. The summed E-state index contributed by atoms with van der Waals surface area (Å²) >= 11 is 0. The Balaban J connectivity index is 1.98. The molecule has 5 heteroatoms. The van der Waals surface area contributed by atoms with Gasteiger partial charge in [0.15, 0.2) is 0 Å². The van der Waals surface area contributed by atoms with Gasteiger partial charge in [-0.15, -0.1) is 0 Å². The normalized spacial score (nSPS) is 10.6. The van der Waals surface area contributed by atoms with Crippen LogP contribution < -0.4 is 0 Å². The van der Waals surface area contributed by atoms with Gasteiger partial charge in [-0.3, -0.25) is 9.38 Å². The van der Waals surface area contributed by atoms with Crippen LogP contribution in [0.5, 0.6) is 5.75 Å². The number of fused-ring (bicyclic) bond motifs is 1. The van der Waals surface area contributed by atoms with E-state index in [-0.39, 0.29) is 5.75 Å². The molecule has 1 N–H and O–H groups in total. The summed E-state index contributed by atoms with van der Waals surface area (Å²) in [5.41, 5.74) is 3.40. The minimum atomic E-state index is 0.0905. The Morgan fingerprint density at radius 3 is 2.54 bits per heavy atom. The van der Waals surface area contributed by atoms with E-state index in [9.17, 15) is 5.11 Å². The molecule has 0 bridgehead atoms. The summed E-state index contributed by atoms with van der Waals surface area (Å²) in [7, 11) is 0. The second-order valence-electron chi connectivity index (χ2n) is 5.30. The molecule has 3 aromatic heterocycles. The van der Waals surface area contributed by atoms with Crippen LogP contribution in [0.2, 0.25) is 0 Å². The lowest BCUT2D eigenvalue weighted by molar-refractivity contribution is 0.475. The highest BCUT2D eigenvalue weighted by atomic mass is 16.3. The zero-order valence-electron chi connectivity index (χ0n) is 12.6. The van der Waals surface area contributed by atoms with E-state index in [1.54, 1.807) is 30.5 Å². The van der Waals surface area contributed by atoms with Crippen LogP contribution in [0.4, 0.5) is 0 Å². The van der Waals surface area contributed by atoms with Crippen molar-refractivity contribution in [2.75, 3.05) is 0 Å². The Kier molecular flexibility index (Phi) is 3.22. The Bertz CT molecular complexity index is 1070. The molecule has 0 radical (unpaired) electrons. The molecule has 0 amide bonds. The summed E-state index contributed by atoms with van der Waals surface area (Å²) in [5.74, 6) is 0.822. The van der Waals surface area contributed by atoms with Crippen molar-refractivity contribution in [3.05, 3.63) is 72.6 Å². The number of rotatable bonds is 2. The number of aromatic nitrogens is 3. The summed E-state index contributed by atoms with van der Waals surface area (Å²) in [6.07, 6.45) is 3.55. The minimum Gasteiger partial charge on any atom is -0.506 e. The van der Waals surface area contributed by atoms with Crippen molar-refractivity contribution in [3.8, 4) is 34.6 Å². The van der Waals surface area contributed by atoms with E-state index < -0.39 is 0 Å². The van der Waals surface area contributed by atoms with Crippen LogP contribution in [0.1, 0.15) is 5.56 Å². The van der Waals surface area contributed by atoms with E-state index in [0.717, 1.165) is 16.9 Å². The van der Waals surface area contributed by atoms with Crippen molar-refractivity contribution in [3.63, 3.8) is 0 Å². The average molecular weight is 312 g/mol. The smallest absolute Gasteiger partial charge is 0.145 e. The highest BCUT2D eigenvalue weighted by Gasteiger charge is 2.17. The predicted molar refractivity (Wildman–Crippen MR) is 90.2 cm³/mol. The average Bonchev–Trinajstić information content (AvgIpc) is 3.02.